The van der Waals surface area contributed by atoms with Crippen LogP contribution >= 0.6 is 0 Å². The number of methoxy groups -OCH3 is 2. The van der Waals surface area contributed by atoms with Crippen molar-refractivity contribution in [3.8, 4) is 11.5 Å². The summed E-state index contributed by atoms with van der Waals surface area (Å²) in [6, 6.07) is 5.81. The summed E-state index contributed by atoms with van der Waals surface area (Å²) in [6.45, 7) is 17.7. The molecular formula is C23H40O4Si. The first kappa shape index (κ1) is 24.7. The monoisotopic (exact) mass is 408 g/mol. The molecule has 0 aromatic heterocycles. The van der Waals surface area contributed by atoms with E-state index >= 15 is 0 Å². The summed E-state index contributed by atoms with van der Waals surface area (Å²) in [5, 5.41) is 0. The van der Waals surface area contributed by atoms with Gasteiger partial charge in [0.2, 0.25) is 8.32 Å². The molecule has 0 spiro atoms. The third-order valence-electron chi connectivity index (χ3n) is 5.59. The van der Waals surface area contributed by atoms with E-state index in [0.29, 0.717) is 36.4 Å². The molecule has 0 N–H and O–H groups in total. The van der Waals surface area contributed by atoms with Crippen LogP contribution in [0.5, 0.6) is 11.5 Å². The summed E-state index contributed by atoms with van der Waals surface area (Å²) in [5.41, 5.74) is 3.96. The van der Waals surface area contributed by atoms with Crippen molar-refractivity contribution in [1.29, 1.82) is 0 Å². The highest BCUT2D eigenvalue weighted by Crippen LogP contribution is 2.42. The van der Waals surface area contributed by atoms with E-state index < -0.39 is 8.32 Å². The number of hydrogen-bond donors (Lipinski definition) is 0. The van der Waals surface area contributed by atoms with Crippen LogP contribution in [0.1, 0.15) is 54.0 Å². The quantitative estimate of drug-likeness (QED) is 0.298. The van der Waals surface area contributed by atoms with Crippen LogP contribution in [0.4, 0.5) is 0 Å². The Morgan fingerprint density at radius 3 is 1.75 bits per heavy atom. The van der Waals surface area contributed by atoms with Crippen LogP contribution < -0.4 is 9.47 Å². The van der Waals surface area contributed by atoms with Crippen LogP contribution in [0.3, 0.4) is 0 Å². The van der Waals surface area contributed by atoms with Gasteiger partial charge in [0.1, 0.15) is 11.5 Å². The zero-order chi connectivity index (χ0) is 21.3. The molecule has 0 bridgehead atoms. The molecular weight excluding hydrogens is 368 g/mol. The van der Waals surface area contributed by atoms with E-state index in [9.17, 15) is 0 Å². The Morgan fingerprint density at radius 2 is 1.36 bits per heavy atom. The molecule has 5 heteroatoms. The molecule has 160 valence electrons. The lowest BCUT2D eigenvalue weighted by Crippen LogP contribution is -2.48. The van der Waals surface area contributed by atoms with Crippen LogP contribution in [0.25, 0.3) is 0 Å². The molecule has 0 aliphatic heterocycles. The van der Waals surface area contributed by atoms with Crippen LogP contribution in [0.2, 0.25) is 16.6 Å². The van der Waals surface area contributed by atoms with Gasteiger partial charge in [-0.3, -0.25) is 0 Å². The fourth-order valence-electron chi connectivity index (χ4n) is 4.18. The summed E-state index contributed by atoms with van der Waals surface area (Å²) >= 11 is 0. The minimum atomic E-state index is -1.86. The highest BCUT2D eigenvalue weighted by Gasteiger charge is 2.45. The Morgan fingerprint density at radius 1 is 0.857 bits per heavy atom. The average molecular weight is 409 g/mol. The Labute approximate surface area is 173 Å². The van der Waals surface area contributed by atoms with Crippen molar-refractivity contribution in [2.75, 3.05) is 27.4 Å². The Kier molecular flexibility index (Phi) is 10.3. The summed E-state index contributed by atoms with van der Waals surface area (Å²) in [6.07, 6.45) is 2.12. The predicted octanol–water partition coefficient (Wildman–Crippen LogP) is 6.36. The maximum absolute atomic E-state index is 6.69. The first-order chi connectivity index (χ1) is 13.2. The van der Waals surface area contributed by atoms with E-state index in [2.05, 4.69) is 54.5 Å². The first-order valence-corrected chi connectivity index (χ1v) is 12.4. The molecule has 0 amide bonds. The molecule has 1 rings (SSSR count). The molecule has 1 aromatic carbocycles. The summed E-state index contributed by atoms with van der Waals surface area (Å²) in [5.74, 6) is 1.54. The summed E-state index contributed by atoms with van der Waals surface area (Å²) < 4.78 is 23.3. The highest BCUT2D eigenvalue weighted by molar-refractivity contribution is 6.77. The number of hydrogen-bond acceptors (Lipinski definition) is 4. The minimum Gasteiger partial charge on any atom is -0.497 e. The van der Waals surface area contributed by atoms with Gasteiger partial charge in [0.25, 0.3) is 0 Å². The second-order valence-corrected chi connectivity index (χ2v) is 13.7. The minimum absolute atomic E-state index is 0.506. The zero-order valence-electron chi connectivity index (χ0n) is 19.3. The average Bonchev–Trinajstić information content (AvgIpc) is 2.65. The van der Waals surface area contributed by atoms with Gasteiger partial charge in [0.15, 0.2) is 0 Å². The Bertz CT molecular complexity index is 579. The van der Waals surface area contributed by atoms with E-state index in [1.165, 1.54) is 5.57 Å². The van der Waals surface area contributed by atoms with Crippen LogP contribution in [-0.2, 0) is 15.8 Å². The van der Waals surface area contributed by atoms with Crippen molar-refractivity contribution in [2.24, 2.45) is 0 Å². The maximum atomic E-state index is 6.69. The molecule has 0 saturated heterocycles. The first-order valence-electron chi connectivity index (χ1n) is 10.3. The highest BCUT2D eigenvalue weighted by atomic mass is 28.4. The number of rotatable bonds is 12. The zero-order valence-corrected chi connectivity index (χ0v) is 20.3. The third kappa shape index (κ3) is 6.36. The van der Waals surface area contributed by atoms with Crippen LogP contribution in [-0.4, -0.2) is 35.8 Å². The summed E-state index contributed by atoms with van der Waals surface area (Å²) in [4.78, 5) is 0. The largest absolute Gasteiger partial charge is 0.497 e. The van der Waals surface area contributed by atoms with Gasteiger partial charge in [0, 0.05) is 6.07 Å². The smallest absolute Gasteiger partial charge is 0.200 e. The molecule has 0 atom stereocenters. The van der Waals surface area contributed by atoms with Gasteiger partial charge in [-0.2, -0.15) is 0 Å². The molecule has 4 nitrogen and oxygen atoms in total. The molecule has 0 heterocycles. The fourth-order valence-corrected chi connectivity index (χ4v) is 9.61. The molecule has 28 heavy (non-hydrogen) atoms. The van der Waals surface area contributed by atoms with Gasteiger partial charge in [-0.15, -0.1) is 0 Å². The molecule has 0 saturated carbocycles. The Balaban J connectivity index is 2.71. The second-order valence-electron chi connectivity index (χ2n) is 8.27. The van der Waals surface area contributed by atoms with Gasteiger partial charge < -0.3 is 18.6 Å². The Hall–Kier alpha value is -1.30. The molecule has 1 aromatic rings. The summed E-state index contributed by atoms with van der Waals surface area (Å²) in [7, 11) is 1.45. The van der Waals surface area contributed by atoms with E-state index in [0.717, 1.165) is 17.1 Å². The molecule has 0 aliphatic carbocycles. The number of benzene rings is 1. The molecule has 0 aliphatic rings. The van der Waals surface area contributed by atoms with Gasteiger partial charge in [-0.25, -0.2) is 0 Å². The van der Waals surface area contributed by atoms with Crippen LogP contribution in [0, 0.1) is 0 Å². The second kappa shape index (κ2) is 11.6. The van der Waals surface area contributed by atoms with E-state index in [1.807, 2.05) is 18.2 Å². The van der Waals surface area contributed by atoms with Gasteiger partial charge in [-0.1, -0.05) is 47.6 Å². The lowest BCUT2D eigenvalue weighted by atomic mass is 10.2. The fraction of sp³-hybridized carbons (Fsp3) is 0.652. The predicted molar refractivity (Wildman–Crippen MR) is 120 cm³/mol. The van der Waals surface area contributed by atoms with Crippen LogP contribution in [0.15, 0.2) is 29.8 Å². The van der Waals surface area contributed by atoms with Gasteiger partial charge in [-0.05, 0) is 46.8 Å². The lowest BCUT2D eigenvalue weighted by molar-refractivity contribution is 0.133. The SMILES string of the molecule is C/C=C(\COCc1cc(OC)cc(OC)c1)CO[Si](C(C)C)(C(C)C)C(C)C. The maximum Gasteiger partial charge on any atom is 0.200 e. The topological polar surface area (TPSA) is 36.9 Å². The normalized spacial score (nSPS) is 12.9. The molecule has 0 radical (unpaired) electrons. The number of ether oxygens (including phenoxy) is 3. The third-order valence-corrected chi connectivity index (χ3v) is 11.6. The lowest BCUT2D eigenvalue weighted by Gasteiger charge is -2.42. The number of allylic oxidation sites excluding steroid dienone is 1. The van der Waals surface area contributed by atoms with E-state index in [4.69, 9.17) is 18.6 Å². The van der Waals surface area contributed by atoms with Crippen molar-refractivity contribution in [3.63, 3.8) is 0 Å². The van der Waals surface area contributed by atoms with Crippen molar-refractivity contribution < 1.29 is 18.6 Å². The van der Waals surface area contributed by atoms with Crippen molar-refractivity contribution >= 4 is 8.32 Å². The van der Waals surface area contributed by atoms with E-state index in [-0.39, 0.29) is 0 Å². The van der Waals surface area contributed by atoms with Crippen molar-refractivity contribution in [2.45, 2.75) is 71.7 Å². The van der Waals surface area contributed by atoms with Crippen molar-refractivity contribution in [3.05, 3.63) is 35.4 Å². The van der Waals surface area contributed by atoms with Gasteiger partial charge in [0.05, 0.1) is 34.0 Å². The van der Waals surface area contributed by atoms with E-state index in [1.54, 1.807) is 14.2 Å². The molecule has 0 unspecified atom stereocenters. The molecule has 0 fully saturated rings. The van der Waals surface area contributed by atoms with Gasteiger partial charge >= 0.3 is 0 Å². The van der Waals surface area contributed by atoms with Crippen molar-refractivity contribution in [1.82, 2.24) is 0 Å². The standard InChI is InChI=1S/C23H40O4Si/c1-10-20(16-27-28(17(2)3,18(4)5)19(6)7)14-26-15-21-11-22(24-8)13-23(12-21)25-9/h10-13,17-19H,14-16H2,1-9H3/b20-10+.